The van der Waals surface area contributed by atoms with Gasteiger partial charge in [0, 0.05) is 30.9 Å². The van der Waals surface area contributed by atoms with Gasteiger partial charge in [0.15, 0.2) is 0 Å². The van der Waals surface area contributed by atoms with Crippen molar-refractivity contribution in [1.82, 2.24) is 4.57 Å². The molecule has 144 valence electrons. The molecule has 0 fully saturated rings. The summed E-state index contributed by atoms with van der Waals surface area (Å²) in [4.78, 5) is 26.8. The molecule has 0 aliphatic carbocycles. The Hall–Kier alpha value is -3.70. The zero-order chi connectivity index (χ0) is 20.4. The third kappa shape index (κ3) is 2.21. The molecule has 0 saturated carbocycles. The van der Waals surface area contributed by atoms with Gasteiger partial charge in [0.1, 0.15) is 5.75 Å². The molecule has 2 aromatic heterocycles. The maximum Gasteiger partial charge on any atom is 0.265 e. The Morgan fingerprint density at radius 2 is 1.33 bits per heavy atom. The molecule has 5 heteroatoms. The van der Waals surface area contributed by atoms with Crippen LogP contribution in [-0.2, 0) is 0 Å². The molecule has 4 nitrogen and oxygen atoms in total. The van der Waals surface area contributed by atoms with E-state index in [2.05, 4.69) is 12.1 Å². The van der Waals surface area contributed by atoms with Crippen LogP contribution in [0.2, 0.25) is 0 Å². The Morgan fingerprint density at radius 3 is 2.07 bits per heavy atom. The first-order valence-electron chi connectivity index (χ1n) is 9.57. The van der Waals surface area contributed by atoms with Gasteiger partial charge in [-0.25, -0.2) is 4.57 Å². The minimum Gasteiger partial charge on any atom is -0.497 e. The van der Waals surface area contributed by atoms with E-state index < -0.39 is 0 Å². The molecule has 0 atom stereocenters. The van der Waals surface area contributed by atoms with Crippen molar-refractivity contribution in [3.05, 3.63) is 93.5 Å². The van der Waals surface area contributed by atoms with Crippen LogP contribution < -0.4 is 15.9 Å². The summed E-state index contributed by atoms with van der Waals surface area (Å²) in [6.07, 6.45) is 0. The third-order valence-corrected chi connectivity index (χ3v) is 6.85. The summed E-state index contributed by atoms with van der Waals surface area (Å²) < 4.78 is 8.70. The van der Waals surface area contributed by atoms with Crippen molar-refractivity contribution in [2.45, 2.75) is 0 Å². The molecule has 0 bridgehead atoms. The van der Waals surface area contributed by atoms with Gasteiger partial charge >= 0.3 is 0 Å². The van der Waals surface area contributed by atoms with Crippen LogP contribution in [-0.4, -0.2) is 11.7 Å². The first-order valence-corrected chi connectivity index (χ1v) is 10.4. The number of hydrogen-bond donors (Lipinski definition) is 0. The molecule has 6 rings (SSSR count). The first kappa shape index (κ1) is 17.2. The van der Waals surface area contributed by atoms with Gasteiger partial charge < -0.3 is 4.74 Å². The number of aromatic nitrogens is 1. The van der Waals surface area contributed by atoms with Crippen LogP contribution >= 0.6 is 11.3 Å². The monoisotopic (exact) mass is 409 g/mol. The lowest BCUT2D eigenvalue weighted by molar-refractivity contribution is 0.414. The predicted octanol–water partition coefficient (Wildman–Crippen LogP) is 5.32. The maximum absolute atomic E-state index is 13.4. The molecule has 0 aliphatic rings. The Morgan fingerprint density at radius 1 is 0.667 bits per heavy atom. The Bertz CT molecular complexity index is 1680. The van der Waals surface area contributed by atoms with Gasteiger partial charge in [0.2, 0.25) is 0 Å². The van der Waals surface area contributed by atoms with Gasteiger partial charge in [0.25, 0.3) is 11.1 Å². The molecular weight excluding hydrogens is 394 g/mol. The molecule has 0 saturated heterocycles. The lowest BCUT2D eigenvalue weighted by atomic mass is 9.97. The second-order valence-electron chi connectivity index (χ2n) is 7.26. The highest BCUT2D eigenvalue weighted by atomic mass is 32.1. The quantitative estimate of drug-likeness (QED) is 0.287. The Kier molecular flexibility index (Phi) is 3.52. The normalized spacial score (nSPS) is 11.8. The number of nitrogens with zero attached hydrogens (tertiary/aromatic N) is 1. The largest absolute Gasteiger partial charge is 0.497 e. The average Bonchev–Trinajstić information content (AvgIpc) is 2.79. The van der Waals surface area contributed by atoms with Gasteiger partial charge in [-0.1, -0.05) is 24.3 Å². The molecular formula is C25H15NO3S. The molecule has 0 N–H and O–H groups in total. The molecule has 0 aliphatic heterocycles. The van der Waals surface area contributed by atoms with Crippen molar-refractivity contribution in [2.75, 3.05) is 7.11 Å². The Labute approximate surface area is 174 Å². The van der Waals surface area contributed by atoms with Crippen molar-refractivity contribution in [3.8, 4) is 11.4 Å². The van der Waals surface area contributed by atoms with Crippen molar-refractivity contribution < 1.29 is 4.74 Å². The van der Waals surface area contributed by atoms with Gasteiger partial charge in [-0.3, -0.25) is 9.59 Å². The summed E-state index contributed by atoms with van der Waals surface area (Å²) in [5, 5.41) is 5.06. The zero-order valence-electron chi connectivity index (χ0n) is 16.0. The molecule has 0 radical (unpaired) electrons. The third-order valence-electron chi connectivity index (χ3n) is 5.72. The van der Waals surface area contributed by atoms with Gasteiger partial charge in [-0.2, -0.15) is 0 Å². The van der Waals surface area contributed by atoms with Gasteiger partial charge in [-0.15, -0.1) is 11.3 Å². The molecule has 0 spiro atoms. The zero-order valence-corrected chi connectivity index (χ0v) is 16.8. The molecule has 0 unspecified atom stereocenters. The second kappa shape index (κ2) is 6.15. The van der Waals surface area contributed by atoms with Crippen LogP contribution in [0.25, 0.3) is 47.4 Å². The van der Waals surface area contributed by atoms with Gasteiger partial charge in [-0.05, 0) is 59.3 Å². The van der Waals surface area contributed by atoms with E-state index in [1.54, 1.807) is 42.7 Å². The van der Waals surface area contributed by atoms with E-state index in [1.807, 2.05) is 36.4 Å². The standard InChI is InChI=1S/C25H15NO3S/c1-29-15-8-6-14(7-9-15)26-24(27)18-11-10-17-16-4-2-3-5-20(16)30-21-13-12-19(25(26)28)22(18)23(17)21/h2-13H,1H3. The number of methoxy groups -OCH3 is 1. The van der Waals surface area contributed by atoms with Crippen LogP contribution in [0.4, 0.5) is 0 Å². The number of fused-ring (bicyclic) bond motifs is 2. The summed E-state index contributed by atoms with van der Waals surface area (Å²) in [6.45, 7) is 0. The lowest BCUT2D eigenvalue weighted by Gasteiger charge is -2.14. The second-order valence-corrected chi connectivity index (χ2v) is 8.35. The highest BCUT2D eigenvalue weighted by Gasteiger charge is 2.18. The van der Waals surface area contributed by atoms with Crippen LogP contribution in [0.1, 0.15) is 0 Å². The van der Waals surface area contributed by atoms with Crippen molar-refractivity contribution in [2.24, 2.45) is 0 Å². The van der Waals surface area contributed by atoms with Crippen molar-refractivity contribution >= 4 is 53.1 Å². The van der Waals surface area contributed by atoms with E-state index in [1.165, 1.54) is 9.27 Å². The lowest BCUT2D eigenvalue weighted by Crippen LogP contribution is -2.31. The van der Waals surface area contributed by atoms with Crippen LogP contribution in [0.5, 0.6) is 5.75 Å². The summed E-state index contributed by atoms with van der Waals surface area (Å²) in [6, 6.07) is 22.9. The minimum atomic E-state index is -0.301. The SMILES string of the molecule is COc1ccc(-n2c(=O)c3ccc4sc5ccccc5c5ccc(c2=O)c3c45)cc1. The summed E-state index contributed by atoms with van der Waals surface area (Å²) in [5.74, 6) is 0.672. The summed E-state index contributed by atoms with van der Waals surface area (Å²) >= 11 is 1.68. The van der Waals surface area contributed by atoms with E-state index in [4.69, 9.17) is 4.74 Å². The first-order chi connectivity index (χ1) is 14.7. The van der Waals surface area contributed by atoms with E-state index in [0.29, 0.717) is 22.2 Å². The molecule has 2 heterocycles. The van der Waals surface area contributed by atoms with Crippen molar-refractivity contribution in [1.29, 1.82) is 0 Å². The topological polar surface area (TPSA) is 48.3 Å². The number of ether oxygens (including phenoxy) is 1. The van der Waals surface area contributed by atoms with Gasteiger partial charge in [0.05, 0.1) is 12.8 Å². The van der Waals surface area contributed by atoms with Crippen molar-refractivity contribution in [3.63, 3.8) is 0 Å². The summed E-state index contributed by atoms with van der Waals surface area (Å²) in [5.41, 5.74) is -0.0694. The van der Waals surface area contributed by atoms with Crippen LogP contribution in [0.3, 0.4) is 0 Å². The highest BCUT2D eigenvalue weighted by molar-refractivity contribution is 7.25. The van der Waals surface area contributed by atoms with E-state index in [-0.39, 0.29) is 11.1 Å². The van der Waals surface area contributed by atoms with E-state index >= 15 is 0 Å². The molecule has 30 heavy (non-hydrogen) atoms. The summed E-state index contributed by atoms with van der Waals surface area (Å²) in [7, 11) is 1.58. The number of hydrogen-bond acceptors (Lipinski definition) is 4. The number of rotatable bonds is 2. The molecule has 6 aromatic rings. The van der Waals surface area contributed by atoms with E-state index in [0.717, 1.165) is 26.2 Å². The Balaban J connectivity index is 1.80. The molecule has 4 aromatic carbocycles. The fourth-order valence-electron chi connectivity index (χ4n) is 4.33. The maximum atomic E-state index is 13.4. The fraction of sp³-hybridized carbons (Fsp3) is 0.0400. The highest BCUT2D eigenvalue weighted by Crippen LogP contribution is 2.39. The fourth-order valence-corrected chi connectivity index (χ4v) is 5.45. The average molecular weight is 409 g/mol. The number of pyridine rings is 1. The molecule has 0 amide bonds. The smallest absolute Gasteiger partial charge is 0.265 e. The number of benzene rings is 4. The predicted molar refractivity (Wildman–Crippen MR) is 124 cm³/mol. The minimum absolute atomic E-state index is 0.301. The van der Waals surface area contributed by atoms with Crippen LogP contribution in [0.15, 0.2) is 82.4 Å². The van der Waals surface area contributed by atoms with E-state index in [9.17, 15) is 9.59 Å². The van der Waals surface area contributed by atoms with Crippen LogP contribution in [0, 0.1) is 0 Å².